The largest absolute Gasteiger partial charge is 0.335 e. The van der Waals surface area contributed by atoms with Crippen LogP contribution in [-0.4, -0.2) is 27.5 Å². The zero-order valence-electron chi connectivity index (χ0n) is 11.1. The highest BCUT2D eigenvalue weighted by atomic mass is 79.9. The molecular weight excluding hydrogens is 302 g/mol. The van der Waals surface area contributed by atoms with Gasteiger partial charge in [-0.15, -0.1) is 0 Å². The van der Waals surface area contributed by atoms with E-state index >= 15 is 0 Å². The van der Waals surface area contributed by atoms with Gasteiger partial charge in [0.1, 0.15) is 5.82 Å². The second-order valence-electron chi connectivity index (χ2n) is 5.28. The first kappa shape index (κ1) is 12.9. The molecule has 0 radical (unpaired) electrons. The summed E-state index contributed by atoms with van der Waals surface area (Å²) in [5.41, 5.74) is 1.37. The molecule has 0 aliphatic carbocycles. The van der Waals surface area contributed by atoms with Crippen LogP contribution < -0.4 is 0 Å². The van der Waals surface area contributed by atoms with Crippen molar-refractivity contribution in [2.75, 3.05) is 13.1 Å². The normalized spacial score (nSPS) is 16.5. The van der Waals surface area contributed by atoms with Crippen molar-refractivity contribution in [3.05, 3.63) is 52.5 Å². The molecule has 3 nitrogen and oxygen atoms in total. The minimum Gasteiger partial charge on any atom is -0.335 e. The maximum atomic E-state index is 4.27. The smallest absolute Gasteiger partial charge is 0.105 e. The van der Waals surface area contributed by atoms with Crippen LogP contribution in [0.4, 0.5) is 0 Å². The average molecular weight is 320 g/mol. The van der Waals surface area contributed by atoms with E-state index < -0.39 is 0 Å². The lowest BCUT2D eigenvalue weighted by molar-refractivity contribution is 0.0797. The number of imidazole rings is 1. The first-order chi connectivity index (χ1) is 9.22. The fraction of sp³-hybridized carbons (Fsp3) is 0.400. The lowest BCUT2D eigenvalue weighted by Gasteiger charge is -2.39. The van der Waals surface area contributed by atoms with Crippen LogP contribution in [0.3, 0.4) is 0 Å². The molecule has 0 saturated carbocycles. The molecule has 0 amide bonds. The number of rotatable bonds is 4. The van der Waals surface area contributed by atoms with Gasteiger partial charge in [0.25, 0.3) is 0 Å². The Morgan fingerprint density at radius 1 is 1.32 bits per heavy atom. The second kappa shape index (κ2) is 5.47. The number of halogens is 1. The van der Waals surface area contributed by atoms with Crippen molar-refractivity contribution in [3.63, 3.8) is 0 Å². The number of hydrogen-bond acceptors (Lipinski definition) is 2. The van der Waals surface area contributed by atoms with Gasteiger partial charge in [-0.3, -0.25) is 4.90 Å². The number of likely N-dealkylation sites (tertiary alicyclic amines) is 1. The van der Waals surface area contributed by atoms with E-state index in [-0.39, 0.29) is 0 Å². The van der Waals surface area contributed by atoms with Crippen molar-refractivity contribution in [1.82, 2.24) is 14.5 Å². The lowest BCUT2D eigenvalue weighted by atomic mass is 9.99. The Kier molecular flexibility index (Phi) is 3.71. The molecule has 1 aliphatic heterocycles. The fourth-order valence-electron chi connectivity index (χ4n) is 2.66. The number of hydrogen-bond donors (Lipinski definition) is 0. The molecule has 1 aromatic carbocycles. The van der Waals surface area contributed by atoms with E-state index in [9.17, 15) is 0 Å². The number of nitrogens with zero attached hydrogens (tertiary/aromatic N) is 3. The van der Waals surface area contributed by atoms with Crippen molar-refractivity contribution >= 4 is 15.9 Å². The maximum Gasteiger partial charge on any atom is 0.105 e. The summed E-state index contributed by atoms with van der Waals surface area (Å²) >= 11 is 3.61. The quantitative estimate of drug-likeness (QED) is 0.863. The van der Waals surface area contributed by atoms with Crippen LogP contribution in [0.25, 0.3) is 0 Å². The minimum atomic E-state index is 0.760. The maximum absolute atomic E-state index is 4.27. The van der Waals surface area contributed by atoms with Gasteiger partial charge in [-0.1, -0.05) is 34.1 Å². The molecule has 100 valence electrons. The summed E-state index contributed by atoms with van der Waals surface area (Å²) in [4.78, 5) is 6.77. The van der Waals surface area contributed by atoms with Crippen molar-refractivity contribution < 1.29 is 0 Å². The summed E-state index contributed by atoms with van der Waals surface area (Å²) < 4.78 is 3.46. The molecule has 19 heavy (non-hydrogen) atoms. The molecule has 1 fully saturated rings. The molecule has 2 heterocycles. The minimum absolute atomic E-state index is 0.760. The Balaban J connectivity index is 1.51. The fourth-order valence-corrected chi connectivity index (χ4v) is 3.07. The third kappa shape index (κ3) is 2.90. The van der Waals surface area contributed by atoms with Crippen LogP contribution in [0, 0.1) is 12.8 Å². The zero-order valence-corrected chi connectivity index (χ0v) is 12.7. The number of aryl methyl sites for hydroxylation is 1. The van der Waals surface area contributed by atoms with Gasteiger partial charge in [0, 0.05) is 49.0 Å². The number of benzene rings is 1. The van der Waals surface area contributed by atoms with Crippen LogP contribution >= 0.6 is 15.9 Å². The van der Waals surface area contributed by atoms with Gasteiger partial charge >= 0.3 is 0 Å². The van der Waals surface area contributed by atoms with E-state index in [1.165, 1.54) is 23.1 Å². The first-order valence-corrected chi connectivity index (χ1v) is 7.45. The molecule has 1 saturated heterocycles. The van der Waals surface area contributed by atoms with E-state index in [1.807, 2.05) is 6.20 Å². The van der Waals surface area contributed by atoms with Crippen molar-refractivity contribution in [2.24, 2.45) is 5.92 Å². The van der Waals surface area contributed by atoms with E-state index in [4.69, 9.17) is 0 Å². The van der Waals surface area contributed by atoms with Crippen LogP contribution in [0.1, 0.15) is 11.4 Å². The molecular formula is C15H18BrN3. The molecule has 0 atom stereocenters. The van der Waals surface area contributed by atoms with Crippen molar-refractivity contribution in [3.8, 4) is 0 Å². The Bertz CT molecular complexity index is 558. The highest BCUT2D eigenvalue weighted by molar-refractivity contribution is 9.10. The zero-order chi connectivity index (χ0) is 13.2. The Labute approximate surface area is 122 Å². The summed E-state index contributed by atoms with van der Waals surface area (Å²) in [5, 5.41) is 0. The molecule has 1 aliphatic rings. The molecule has 0 spiro atoms. The topological polar surface area (TPSA) is 21.1 Å². The van der Waals surface area contributed by atoms with E-state index in [2.05, 4.69) is 67.8 Å². The lowest BCUT2D eigenvalue weighted by Crippen LogP contribution is -2.47. The van der Waals surface area contributed by atoms with Gasteiger partial charge in [-0.25, -0.2) is 4.98 Å². The Hall–Kier alpha value is -1.13. The van der Waals surface area contributed by atoms with Crippen molar-refractivity contribution in [2.45, 2.75) is 20.0 Å². The number of aromatic nitrogens is 2. The van der Waals surface area contributed by atoms with E-state index in [0.29, 0.717) is 0 Å². The summed E-state index contributed by atoms with van der Waals surface area (Å²) in [5.74, 6) is 1.87. The standard InChI is InChI=1S/C15H18BrN3/c1-12-17-6-7-19(12)10-13-8-18(9-13)11-14-4-2-3-5-15(14)16/h2-7,13H,8-11H2,1H3. The summed E-state index contributed by atoms with van der Waals surface area (Å²) in [6.07, 6.45) is 3.96. The van der Waals surface area contributed by atoms with Gasteiger partial charge in [0.05, 0.1) is 0 Å². The Morgan fingerprint density at radius 3 is 2.79 bits per heavy atom. The highest BCUT2D eigenvalue weighted by Crippen LogP contribution is 2.24. The SMILES string of the molecule is Cc1nccn1CC1CN(Cc2ccccc2Br)C1. The van der Waals surface area contributed by atoms with Gasteiger partial charge in [0.15, 0.2) is 0 Å². The molecule has 3 rings (SSSR count). The molecule has 4 heteroatoms. The van der Waals surface area contributed by atoms with E-state index in [1.54, 1.807) is 0 Å². The van der Waals surface area contributed by atoms with Gasteiger partial charge in [-0.05, 0) is 18.6 Å². The van der Waals surface area contributed by atoms with E-state index in [0.717, 1.165) is 24.8 Å². The van der Waals surface area contributed by atoms with Crippen LogP contribution in [0.15, 0.2) is 41.1 Å². The molecule has 0 unspecified atom stereocenters. The predicted octanol–water partition coefficient (Wildman–Crippen LogP) is 3.09. The molecule has 1 aromatic heterocycles. The molecule has 0 N–H and O–H groups in total. The van der Waals surface area contributed by atoms with Gasteiger partial charge in [0.2, 0.25) is 0 Å². The van der Waals surface area contributed by atoms with Gasteiger partial charge in [-0.2, -0.15) is 0 Å². The summed E-state index contributed by atoms with van der Waals surface area (Å²) in [7, 11) is 0. The first-order valence-electron chi connectivity index (χ1n) is 6.66. The third-order valence-electron chi connectivity index (χ3n) is 3.76. The van der Waals surface area contributed by atoms with Crippen molar-refractivity contribution in [1.29, 1.82) is 0 Å². The second-order valence-corrected chi connectivity index (χ2v) is 6.13. The highest BCUT2D eigenvalue weighted by Gasteiger charge is 2.27. The molecule has 2 aromatic rings. The van der Waals surface area contributed by atoms with Crippen LogP contribution in [0.5, 0.6) is 0 Å². The van der Waals surface area contributed by atoms with Crippen LogP contribution in [0.2, 0.25) is 0 Å². The molecule has 0 bridgehead atoms. The third-order valence-corrected chi connectivity index (χ3v) is 4.54. The van der Waals surface area contributed by atoms with Gasteiger partial charge < -0.3 is 4.57 Å². The predicted molar refractivity (Wildman–Crippen MR) is 79.9 cm³/mol. The summed E-state index contributed by atoms with van der Waals surface area (Å²) in [6.45, 7) is 6.56. The summed E-state index contributed by atoms with van der Waals surface area (Å²) in [6, 6.07) is 8.47. The monoisotopic (exact) mass is 319 g/mol. The Morgan fingerprint density at radius 2 is 2.11 bits per heavy atom. The van der Waals surface area contributed by atoms with Crippen LogP contribution in [-0.2, 0) is 13.1 Å². The average Bonchev–Trinajstić information content (AvgIpc) is 2.75.